The van der Waals surface area contributed by atoms with E-state index >= 15 is 0 Å². The maximum atomic E-state index is 2.49. The molecule has 2 aliphatic rings. The van der Waals surface area contributed by atoms with Crippen LogP contribution < -0.4 is 0 Å². The van der Waals surface area contributed by atoms with Crippen LogP contribution in [0.4, 0.5) is 0 Å². The maximum Gasteiger partial charge on any atom is -0.0323 e. The van der Waals surface area contributed by atoms with Crippen molar-refractivity contribution in [2.24, 2.45) is 41.4 Å². The highest BCUT2D eigenvalue weighted by Crippen LogP contribution is 2.72. The van der Waals surface area contributed by atoms with Gasteiger partial charge in [0.05, 0.1) is 0 Å². The monoisotopic (exact) mass is 180 g/mol. The van der Waals surface area contributed by atoms with E-state index < -0.39 is 0 Å². The van der Waals surface area contributed by atoms with Crippen LogP contribution in [-0.4, -0.2) is 0 Å². The lowest BCUT2D eigenvalue weighted by Crippen LogP contribution is -2.23. The van der Waals surface area contributed by atoms with Gasteiger partial charge in [0.15, 0.2) is 0 Å². The van der Waals surface area contributed by atoms with E-state index in [0.29, 0.717) is 0 Å². The molecule has 0 aromatic carbocycles. The van der Waals surface area contributed by atoms with Crippen molar-refractivity contribution in [1.82, 2.24) is 0 Å². The van der Waals surface area contributed by atoms with Gasteiger partial charge >= 0.3 is 0 Å². The molecule has 2 saturated carbocycles. The predicted molar refractivity (Wildman–Crippen MR) is 57.4 cm³/mol. The van der Waals surface area contributed by atoms with Gasteiger partial charge in [-0.15, -0.1) is 0 Å². The SMILES string of the molecule is CC(C)C(C)C(C)C(C)C1C2CC21. The molecule has 5 unspecified atom stereocenters. The summed E-state index contributed by atoms with van der Waals surface area (Å²) in [6.45, 7) is 12.1. The summed E-state index contributed by atoms with van der Waals surface area (Å²) < 4.78 is 0. The first kappa shape index (κ1) is 9.55. The van der Waals surface area contributed by atoms with E-state index in [4.69, 9.17) is 0 Å². The first-order valence-corrected chi connectivity index (χ1v) is 6.04. The van der Waals surface area contributed by atoms with Gasteiger partial charge in [0.25, 0.3) is 0 Å². The van der Waals surface area contributed by atoms with E-state index in [2.05, 4.69) is 34.6 Å². The molecule has 2 fully saturated rings. The minimum absolute atomic E-state index is 0.854. The lowest BCUT2D eigenvalue weighted by atomic mass is 9.75. The van der Waals surface area contributed by atoms with Crippen molar-refractivity contribution in [1.29, 1.82) is 0 Å². The fourth-order valence-electron chi connectivity index (χ4n) is 3.05. The van der Waals surface area contributed by atoms with Crippen molar-refractivity contribution in [3.8, 4) is 0 Å². The van der Waals surface area contributed by atoms with Gasteiger partial charge in [-0.1, -0.05) is 34.6 Å². The summed E-state index contributed by atoms with van der Waals surface area (Å²) >= 11 is 0. The molecule has 0 aliphatic heterocycles. The zero-order valence-corrected chi connectivity index (χ0v) is 9.75. The Morgan fingerprint density at radius 1 is 0.846 bits per heavy atom. The minimum atomic E-state index is 0.854. The number of fused-ring (bicyclic) bond motifs is 1. The molecule has 0 aromatic rings. The fraction of sp³-hybridized carbons (Fsp3) is 1.00. The summed E-state index contributed by atoms with van der Waals surface area (Å²) in [4.78, 5) is 0. The van der Waals surface area contributed by atoms with Gasteiger partial charge in [-0.2, -0.15) is 0 Å². The molecule has 0 heteroatoms. The Balaban J connectivity index is 1.84. The lowest BCUT2D eigenvalue weighted by molar-refractivity contribution is 0.186. The summed E-state index contributed by atoms with van der Waals surface area (Å²) in [7, 11) is 0. The molecule has 0 aromatic heterocycles. The molecule has 0 spiro atoms. The van der Waals surface area contributed by atoms with Crippen molar-refractivity contribution >= 4 is 0 Å². The number of hydrogen-bond acceptors (Lipinski definition) is 0. The summed E-state index contributed by atoms with van der Waals surface area (Å²) in [6.07, 6.45) is 1.57. The number of rotatable bonds is 4. The highest BCUT2D eigenvalue weighted by molar-refractivity contribution is 5.14. The van der Waals surface area contributed by atoms with E-state index in [9.17, 15) is 0 Å². The largest absolute Gasteiger partial charge is 0.0625 e. The quantitative estimate of drug-likeness (QED) is 0.617. The molecule has 0 heterocycles. The van der Waals surface area contributed by atoms with Crippen molar-refractivity contribution in [2.45, 2.75) is 41.0 Å². The second-order valence-electron chi connectivity index (χ2n) is 5.96. The Hall–Kier alpha value is 0. The normalized spacial score (nSPS) is 42.5. The van der Waals surface area contributed by atoms with E-state index in [1.807, 2.05) is 0 Å². The Bertz CT molecular complexity index is 186. The molecule has 0 nitrogen and oxygen atoms in total. The van der Waals surface area contributed by atoms with Crippen LogP contribution in [0, 0.1) is 41.4 Å². The van der Waals surface area contributed by atoms with Crippen LogP contribution in [0.25, 0.3) is 0 Å². The van der Waals surface area contributed by atoms with Gasteiger partial charge in [0.1, 0.15) is 0 Å². The minimum Gasteiger partial charge on any atom is -0.0625 e. The van der Waals surface area contributed by atoms with Crippen molar-refractivity contribution in [3.63, 3.8) is 0 Å². The second kappa shape index (κ2) is 3.00. The summed E-state index contributed by atoms with van der Waals surface area (Å²) in [5, 5.41) is 0. The molecule has 0 N–H and O–H groups in total. The van der Waals surface area contributed by atoms with Crippen LogP contribution >= 0.6 is 0 Å². The molecule has 0 bridgehead atoms. The van der Waals surface area contributed by atoms with Crippen LogP contribution in [0.5, 0.6) is 0 Å². The molecule has 2 aliphatic carbocycles. The third-order valence-corrected chi connectivity index (χ3v) is 5.06. The molecule has 0 radical (unpaired) electrons. The van der Waals surface area contributed by atoms with Crippen molar-refractivity contribution in [3.05, 3.63) is 0 Å². The van der Waals surface area contributed by atoms with Gasteiger partial charge in [-0.25, -0.2) is 0 Å². The zero-order chi connectivity index (χ0) is 9.75. The Labute approximate surface area is 83.1 Å². The molecule has 13 heavy (non-hydrogen) atoms. The second-order valence-corrected chi connectivity index (χ2v) is 5.96. The highest BCUT2D eigenvalue weighted by Gasteiger charge is 2.66. The van der Waals surface area contributed by atoms with Crippen LogP contribution in [0.2, 0.25) is 0 Å². The molecular weight excluding hydrogens is 156 g/mol. The molecule has 0 amide bonds. The summed E-state index contributed by atoms with van der Waals surface area (Å²) in [5.74, 6) is 7.16. The summed E-state index contributed by atoms with van der Waals surface area (Å²) in [5.41, 5.74) is 0. The molecule has 76 valence electrons. The Morgan fingerprint density at radius 3 is 1.69 bits per heavy atom. The first-order valence-electron chi connectivity index (χ1n) is 6.04. The van der Waals surface area contributed by atoms with Gasteiger partial charge in [0.2, 0.25) is 0 Å². The van der Waals surface area contributed by atoms with Gasteiger partial charge in [-0.3, -0.25) is 0 Å². The molecular formula is C13H24. The van der Waals surface area contributed by atoms with Crippen LogP contribution in [0.3, 0.4) is 0 Å². The van der Waals surface area contributed by atoms with Crippen molar-refractivity contribution in [2.75, 3.05) is 0 Å². The van der Waals surface area contributed by atoms with Crippen LogP contribution in [-0.2, 0) is 0 Å². The van der Waals surface area contributed by atoms with E-state index in [1.165, 1.54) is 11.8 Å². The smallest absolute Gasteiger partial charge is 0.0323 e. The predicted octanol–water partition coefficient (Wildman–Crippen LogP) is 3.82. The van der Waals surface area contributed by atoms with E-state index in [1.54, 1.807) is 6.42 Å². The molecule has 5 atom stereocenters. The lowest BCUT2D eigenvalue weighted by Gasteiger charge is -2.30. The average molecular weight is 180 g/mol. The van der Waals surface area contributed by atoms with E-state index in [0.717, 1.165) is 29.6 Å². The molecule has 0 saturated heterocycles. The zero-order valence-electron chi connectivity index (χ0n) is 9.75. The fourth-order valence-corrected chi connectivity index (χ4v) is 3.05. The standard InChI is InChI=1S/C13H24/c1-7(2)8(3)9(4)10(5)13-11-6-12(11)13/h7-13H,6H2,1-5H3. The summed E-state index contributed by atoms with van der Waals surface area (Å²) in [6, 6.07) is 0. The first-order chi connectivity index (χ1) is 6.04. The average Bonchev–Trinajstić information content (AvgIpc) is 2.88. The Morgan fingerprint density at radius 2 is 1.38 bits per heavy atom. The highest BCUT2D eigenvalue weighted by atomic mass is 14.7. The van der Waals surface area contributed by atoms with Gasteiger partial charge in [-0.05, 0) is 47.8 Å². The topological polar surface area (TPSA) is 0 Å². The van der Waals surface area contributed by atoms with Crippen molar-refractivity contribution < 1.29 is 0 Å². The third kappa shape index (κ3) is 1.53. The van der Waals surface area contributed by atoms with Gasteiger partial charge in [0, 0.05) is 0 Å². The Kier molecular flexibility index (Phi) is 2.20. The van der Waals surface area contributed by atoms with E-state index in [-0.39, 0.29) is 0 Å². The van der Waals surface area contributed by atoms with Gasteiger partial charge < -0.3 is 0 Å². The third-order valence-electron chi connectivity index (χ3n) is 5.06. The number of hydrogen-bond donors (Lipinski definition) is 0. The maximum absolute atomic E-state index is 2.49. The van der Waals surface area contributed by atoms with Crippen LogP contribution in [0.1, 0.15) is 41.0 Å². The van der Waals surface area contributed by atoms with Crippen LogP contribution in [0.15, 0.2) is 0 Å². The molecule has 2 rings (SSSR count).